The molecule has 4 aromatic rings. The van der Waals surface area contributed by atoms with Gasteiger partial charge in [-0.05, 0) is 66.5 Å². The Morgan fingerprint density at radius 3 is 2.43 bits per heavy atom. The molecule has 3 aliphatic heterocycles. The van der Waals surface area contributed by atoms with Crippen LogP contribution in [0.1, 0.15) is 35.6 Å². The van der Waals surface area contributed by atoms with Gasteiger partial charge in [0.2, 0.25) is 5.91 Å². The Kier molecular flexibility index (Phi) is 9.35. The van der Waals surface area contributed by atoms with Crippen LogP contribution in [0.4, 0.5) is 11.4 Å². The van der Waals surface area contributed by atoms with Gasteiger partial charge in [0.15, 0.2) is 19.7 Å². The van der Waals surface area contributed by atoms with Gasteiger partial charge in [-0.15, -0.1) is 0 Å². The molecule has 1 fully saturated rings. The molecule has 4 heterocycles. The quantitative estimate of drug-likeness (QED) is 0.144. The zero-order valence-electron chi connectivity index (χ0n) is 30.0. The number of benzene rings is 3. The number of nitrogens with zero attached hydrogens (tertiary/aromatic N) is 4. The van der Waals surface area contributed by atoms with E-state index in [1.807, 2.05) is 31.2 Å². The predicted molar refractivity (Wildman–Crippen MR) is 198 cm³/mol. The standard InChI is InChI=1S/C39H42N4O9Si/c1-24-36(53(3,4)50)34(20-35(45)41-22-27-9-6-5-8-26(27)18-30(41)23-44)52-39(24)31-19-29(43(48)49)15-16-32(31)42(38(39)47)21-25-11-13-28(14-12-25)40-17-7-10-33(51-2)37(40)46/h5-17,19,24,30,34,36,44,50H,18,20-23H2,1-4H3/t24-,30-,34+,36-,39+/m0/s1. The van der Waals surface area contributed by atoms with Gasteiger partial charge >= 0.3 is 0 Å². The molecule has 1 saturated heterocycles. The van der Waals surface area contributed by atoms with Crippen LogP contribution in [-0.2, 0) is 39.4 Å². The Labute approximate surface area is 307 Å². The predicted octanol–water partition coefficient (Wildman–Crippen LogP) is 4.43. The third-order valence-corrected chi connectivity index (χ3v) is 13.6. The van der Waals surface area contributed by atoms with E-state index in [1.54, 1.807) is 71.6 Å². The number of aliphatic hydroxyl groups excluding tert-OH is 1. The van der Waals surface area contributed by atoms with Gasteiger partial charge < -0.3 is 29.2 Å². The number of carbonyl (C=O) groups excluding carboxylic acids is 2. The fourth-order valence-corrected chi connectivity index (χ4v) is 11.2. The molecule has 0 bridgehead atoms. The number of ether oxygens (including phenoxy) is 2. The Morgan fingerprint density at radius 2 is 1.77 bits per heavy atom. The second-order valence-electron chi connectivity index (χ2n) is 14.7. The van der Waals surface area contributed by atoms with Crippen molar-refractivity contribution < 1.29 is 33.9 Å². The Hall–Kier alpha value is -5.15. The molecule has 3 aliphatic rings. The Bertz CT molecular complexity index is 2150. The molecule has 5 atom stereocenters. The molecule has 2 amide bonds. The molecule has 0 radical (unpaired) electrons. The third-order valence-electron chi connectivity index (χ3n) is 11.1. The smallest absolute Gasteiger partial charge is 0.297 e. The number of hydrogen-bond donors (Lipinski definition) is 2. The lowest BCUT2D eigenvalue weighted by atomic mass is 9.82. The van der Waals surface area contributed by atoms with Crippen molar-refractivity contribution in [2.24, 2.45) is 5.92 Å². The van der Waals surface area contributed by atoms with Crippen molar-refractivity contribution in [3.8, 4) is 11.4 Å². The summed E-state index contributed by atoms with van der Waals surface area (Å²) in [6.45, 7) is 5.50. The van der Waals surface area contributed by atoms with Crippen LogP contribution in [0.3, 0.4) is 0 Å². The molecule has 0 saturated carbocycles. The van der Waals surface area contributed by atoms with Crippen LogP contribution < -0.4 is 15.2 Å². The van der Waals surface area contributed by atoms with E-state index in [1.165, 1.54) is 23.8 Å². The van der Waals surface area contributed by atoms with E-state index in [9.17, 15) is 34.4 Å². The summed E-state index contributed by atoms with van der Waals surface area (Å²) in [4.78, 5) is 68.3. The molecule has 53 heavy (non-hydrogen) atoms. The average Bonchev–Trinajstić information content (AvgIpc) is 3.56. The number of aliphatic hydroxyl groups is 1. The number of pyridine rings is 1. The van der Waals surface area contributed by atoms with E-state index < -0.39 is 48.4 Å². The van der Waals surface area contributed by atoms with Crippen molar-refractivity contribution >= 4 is 31.5 Å². The number of hydrogen-bond acceptors (Lipinski definition) is 9. The monoisotopic (exact) mass is 738 g/mol. The van der Waals surface area contributed by atoms with Crippen molar-refractivity contribution in [1.82, 2.24) is 9.47 Å². The normalized spacial score (nSPS) is 23.6. The van der Waals surface area contributed by atoms with Crippen LogP contribution in [0, 0.1) is 16.0 Å². The SMILES string of the molecule is COc1cccn(-c2ccc(CN3C(=O)[C@]4(O[C@H](CC(=O)N5Cc6ccccc6C[C@H]5CO)[C@@H]([Si](C)(C)O)[C@@H]4C)c4cc([N+](=O)[O-])ccc43)cc2)c1=O. The first-order valence-electron chi connectivity index (χ1n) is 17.6. The van der Waals surface area contributed by atoms with Crippen LogP contribution in [-0.4, -0.2) is 70.3 Å². The fourth-order valence-electron chi connectivity index (χ4n) is 8.65. The Balaban J connectivity index is 1.23. The Morgan fingerprint density at radius 1 is 1.06 bits per heavy atom. The van der Waals surface area contributed by atoms with Crippen molar-refractivity contribution in [3.63, 3.8) is 0 Å². The highest BCUT2D eigenvalue weighted by molar-refractivity contribution is 6.71. The molecule has 7 rings (SSSR count). The molecule has 1 spiro atoms. The first-order chi connectivity index (χ1) is 25.3. The highest BCUT2D eigenvalue weighted by Gasteiger charge is 2.66. The number of non-ortho nitro benzene ring substituents is 1. The summed E-state index contributed by atoms with van der Waals surface area (Å²) in [7, 11) is -1.73. The van der Waals surface area contributed by atoms with Crippen LogP contribution in [0.2, 0.25) is 18.6 Å². The zero-order chi connectivity index (χ0) is 37.8. The molecule has 2 N–H and O–H groups in total. The summed E-state index contributed by atoms with van der Waals surface area (Å²) < 4.78 is 13.4. The largest absolute Gasteiger partial charge is 0.491 e. The van der Waals surface area contributed by atoms with Gasteiger partial charge in [0.25, 0.3) is 17.2 Å². The number of rotatable bonds is 9. The van der Waals surface area contributed by atoms with E-state index in [0.29, 0.717) is 29.9 Å². The number of amides is 2. The summed E-state index contributed by atoms with van der Waals surface area (Å²) in [6, 6.07) is 22.0. The number of nitro benzene ring substituents is 1. The molecular formula is C39H42N4O9Si. The summed E-state index contributed by atoms with van der Waals surface area (Å²) in [5.41, 5.74) is 1.31. The third kappa shape index (κ3) is 6.14. The molecule has 3 aromatic carbocycles. The minimum atomic E-state index is -3.16. The molecular weight excluding hydrogens is 697 g/mol. The van der Waals surface area contributed by atoms with Crippen molar-refractivity contribution in [3.05, 3.63) is 128 Å². The van der Waals surface area contributed by atoms with Gasteiger partial charge in [-0.25, -0.2) is 0 Å². The second-order valence-corrected chi connectivity index (χ2v) is 18.6. The van der Waals surface area contributed by atoms with Gasteiger partial charge in [-0.1, -0.05) is 43.3 Å². The molecule has 276 valence electrons. The maximum atomic E-state index is 14.9. The average molecular weight is 739 g/mol. The van der Waals surface area contributed by atoms with Crippen molar-refractivity contribution in [1.29, 1.82) is 0 Å². The first-order valence-corrected chi connectivity index (χ1v) is 20.6. The zero-order valence-corrected chi connectivity index (χ0v) is 31.0. The fraction of sp³-hybridized carbons (Fsp3) is 0.359. The van der Waals surface area contributed by atoms with Gasteiger partial charge in [-0.3, -0.25) is 29.1 Å². The van der Waals surface area contributed by atoms with Gasteiger partial charge in [0.1, 0.15) is 0 Å². The van der Waals surface area contributed by atoms with E-state index >= 15 is 0 Å². The topological polar surface area (TPSA) is 165 Å². The number of methoxy groups -OCH3 is 1. The maximum Gasteiger partial charge on any atom is 0.297 e. The van der Waals surface area contributed by atoms with E-state index in [-0.39, 0.29) is 42.5 Å². The summed E-state index contributed by atoms with van der Waals surface area (Å²) in [6.07, 6.45) is 1.11. The molecule has 14 heteroatoms. The lowest BCUT2D eigenvalue weighted by molar-refractivity contribution is -0.385. The number of fused-ring (bicyclic) bond motifs is 3. The second kappa shape index (κ2) is 13.7. The lowest BCUT2D eigenvalue weighted by Gasteiger charge is -2.37. The van der Waals surface area contributed by atoms with Crippen molar-refractivity contribution in [2.75, 3.05) is 18.6 Å². The van der Waals surface area contributed by atoms with Crippen LogP contribution in [0.15, 0.2) is 89.9 Å². The summed E-state index contributed by atoms with van der Waals surface area (Å²) in [5.74, 6) is -1.16. The number of aromatic nitrogens is 1. The van der Waals surface area contributed by atoms with Gasteiger partial charge in [-0.2, -0.15) is 0 Å². The van der Waals surface area contributed by atoms with Crippen LogP contribution in [0.25, 0.3) is 5.69 Å². The minimum absolute atomic E-state index is 0.0916. The molecule has 0 unspecified atom stereocenters. The maximum absolute atomic E-state index is 14.9. The lowest BCUT2D eigenvalue weighted by Crippen LogP contribution is -2.48. The minimum Gasteiger partial charge on any atom is -0.491 e. The summed E-state index contributed by atoms with van der Waals surface area (Å²) >= 11 is 0. The van der Waals surface area contributed by atoms with Crippen LogP contribution in [0.5, 0.6) is 5.75 Å². The highest BCUT2D eigenvalue weighted by Crippen LogP contribution is 2.60. The molecule has 13 nitrogen and oxygen atoms in total. The van der Waals surface area contributed by atoms with Gasteiger partial charge in [0.05, 0.1) is 49.4 Å². The number of carbonyl (C=O) groups is 2. The molecule has 0 aliphatic carbocycles. The number of anilines is 1. The van der Waals surface area contributed by atoms with Gasteiger partial charge in [0, 0.05) is 47.6 Å². The molecule has 1 aromatic heterocycles. The van der Waals surface area contributed by atoms with E-state index in [2.05, 4.69) is 0 Å². The van der Waals surface area contributed by atoms with E-state index in [4.69, 9.17) is 9.47 Å². The van der Waals surface area contributed by atoms with E-state index in [0.717, 1.165) is 16.7 Å². The highest BCUT2D eigenvalue weighted by atomic mass is 28.4. The summed E-state index contributed by atoms with van der Waals surface area (Å²) in [5, 5.41) is 22.3. The van der Waals surface area contributed by atoms with Crippen molar-refractivity contribution in [2.45, 2.75) is 69.2 Å². The van der Waals surface area contributed by atoms with Crippen LogP contribution >= 0.6 is 0 Å². The first kappa shape index (κ1) is 36.2. The number of nitro groups is 1.